The van der Waals surface area contributed by atoms with Crippen LogP contribution in [0, 0.1) is 10.1 Å². The summed E-state index contributed by atoms with van der Waals surface area (Å²) >= 11 is 0. The number of unbranched alkanes of at least 4 members (excludes halogenated alkanes) is 1. The number of nitrogens with one attached hydrogen (secondary N) is 2. The number of aliphatic imine (C=N–C) groups is 2. The number of pyridine rings is 1. The van der Waals surface area contributed by atoms with Gasteiger partial charge in [0.25, 0.3) is 11.0 Å². The molecule has 0 bridgehead atoms. The maximum absolute atomic E-state index is 12.4. The molecule has 1 atom stereocenters. The number of hydrogen-bond donors (Lipinski definition) is 2. The van der Waals surface area contributed by atoms with Gasteiger partial charge in [0, 0.05) is 38.0 Å². The monoisotopic (exact) mass is 448 g/mol. The van der Waals surface area contributed by atoms with Crippen LogP contribution in [0.4, 0.5) is 0 Å². The van der Waals surface area contributed by atoms with Gasteiger partial charge in [0.05, 0.1) is 24.5 Å². The molecule has 13 heteroatoms. The Morgan fingerprint density at radius 2 is 2.06 bits per heavy atom. The molecule has 1 aromatic heterocycles. The second-order valence-corrected chi connectivity index (χ2v) is 6.61. The number of esters is 1. The van der Waals surface area contributed by atoms with Crippen LogP contribution in [0.2, 0.25) is 0 Å². The van der Waals surface area contributed by atoms with E-state index in [1.807, 2.05) is 0 Å². The van der Waals surface area contributed by atoms with Gasteiger partial charge in [-0.05, 0) is 25.0 Å². The van der Waals surface area contributed by atoms with E-state index in [0.717, 1.165) is 0 Å². The fourth-order valence-corrected chi connectivity index (χ4v) is 2.61. The molecule has 0 saturated carbocycles. The number of amides is 2. The molecule has 0 fully saturated rings. The summed E-state index contributed by atoms with van der Waals surface area (Å²) in [6.07, 6.45) is 5.24. The van der Waals surface area contributed by atoms with Crippen molar-refractivity contribution in [2.24, 2.45) is 9.98 Å². The van der Waals surface area contributed by atoms with E-state index >= 15 is 0 Å². The summed E-state index contributed by atoms with van der Waals surface area (Å²) in [6, 6.07) is 2.25. The molecular formula is C19H24N6O7. The van der Waals surface area contributed by atoms with Crippen LogP contribution in [0.1, 0.15) is 36.0 Å². The van der Waals surface area contributed by atoms with E-state index in [-0.39, 0.29) is 45.2 Å². The summed E-state index contributed by atoms with van der Waals surface area (Å²) in [5, 5.41) is 14.4. The van der Waals surface area contributed by atoms with Crippen molar-refractivity contribution < 1.29 is 29.0 Å². The molecule has 0 radical (unpaired) electrons. The third-order valence-electron chi connectivity index (χ3n) is 4.17. The molecule has 0 spiro atoms. The molecule has 13 nitrogen and oxygen atoms in total. The van der Waals surface area contributed by atoms with Crippen molar-refractivity contribution in [3.63, 3.8) is 0 Å². The Hall–Kier alpha value is -3.90. The Balaban J connectivity index is 1.77. The standard InChI is InChI=1S/C19H24N6O7/c26-17(5-7-22-18(27)14-4-3-6-20-11-14)24-16(10-15-12-21-13-23-15)19(28)31-8-1-2-9-32-25(29)30/h3-4,6,11-12,16H,1-2,5,7-10,13H2,(H,22,27)(H,24,26)/t16-/m0/s1. The number of ether oxygens (including phenoxy) is 1. The van der Waals surface area contributed by atoms with E-state index in [0.29, 0.717) is 24.1 Å². The summed E-state index contributed by atoms with van der Waals surface area (Å²) in [5.74, 6) is -1.47. The second kappa shape index (κ2) is 13.4. The quantitative estimate of drug-likeness (QED) is 0.174. The number of rotatable bonds is 14. The Kier molecular flexibility index (Phi) is 10.2. The predicted octanol–water partition coefficient (Wildman–Crippen LogP) is 0.0910. The van der Waals surface area contributed by atoms with Crippen LogP contribution < -0.4 is 10.6 Å². The van der Waals surface area contributed by atoms with E-state index in [9.17, 15) is 24.5 Å². The number of aromatic nitrogens is 1. The third-order valence-corrected chi connectivity index (χ3v) is 4.17. The van der Waals surface area contributed by atoms with Crippen LogP contribution in [0.3, 0.4) is 0 Å². The third kappa shape index (κ3) is 9.28. The minimum Gasteiger partial charge on any atom is -0.464 e. The zero-order valence-electron chi connectivity index (χ0n) is 17.3. The van der Waals surface area contributed by atoms with Crippen LogP contribution >= 0.6 is 0 Å². The van der Waals surface area contributed by atoms with E-state index in [2.05, 4.69) is 30.4 Å². The highest BCUT2D eigenvalue weighted by atomic mass is 16.9. The average Bonchev–Trinajstić information content (AvgIpc) is 3.29. The Bertz CT molecular complexity index is 859. The zero-order chi connectivity index (χ0) is 23.2. The molecule has 1 aliphatic heterocycles. The molecule has 0 saturated heterocycles. The molecule has 2 N–H and O–H groups in total. The second-order valence-electron chi connectivity index (χ2n) is 6.61. The molecule has 0 unspecified atom stereocenters. The van der Waals surface area contributed by atoms with Crippen LogP contribution in [0.15, 0.2) is 34.5 Å². The first-order valence-corrected chi connectivity index (χ1v) is 9.90. The van der Waals surface area contributed by atoms with Crippen LogP contribution in [-0.4, -0.2) is 72.2 Å². The average molecular weight is 448 g/mol. The molecule has 1 aliphatic rings. The summed E-state index contributed by atoms with van der Waals surface area (Å²) in [6.45, 7) is 0.263. The predicted molar refractivity (Wildman–Crippen MR) is 112 cm³/mol. The van der Waals surface area contributed by atoms with Crippen LogP contribution in [0.5, 0.6) is 0 Å². The maximum atomic E-state index is 12.4. The highest BCUT2D eigenvalue weighted by molar-refractivity contribution is 6.32. The van der Waals surface area contributed by atoms with Crippen molar-refractivity contribution in [2.45, 2.75) is 31.7 Å². The number of nitrogens with zero attached hydrogens (tertiary/aromatic N) is 4. The smallest absolute Gasteiger partial charge is 0.329 e. The van der Waals surface area contributed by atoms with Crippen molar-refractivity contribution in [1.82, 2.24) is 15.6 Å². The first kappa shape index (κ1) is 24.4. The molecule has 2 heterocycles. The topological polar surface area (TPSA) is 174 Å². The van der Waals surface area contributed by atoms with E-state index < -0.39 is 23.0 Å². The van der Waals surface area contributed by atoms with E-state index in [4.69, 9.17) is 4.74 Å². The van der Waals surface area contributed by atoms with Crippen LogP contribution in [0.25, 0.3) is 0 Å². The van der Waals surface area contributed by atoms with Crippen molar-refractivity contribution in [3.05, 3.63) is 40.2 Å². The van der Waals surface area contributed by atoms with Gasteiger partial charge in [-0.1, -0.05) is 0 Å². The minimum absolute atomic E-state index is 0.0218. The minimum atomic E-state index is -0.977. The fraction of sp³-hybridized carbons (Fsp3) is 0.474. The normalized spacial score (nSPS) is 13.1. The molecule has 172 valence electrons. The summed E-state index contributed by atoms with van der Waals surface area (Å²) in [7, 11) is 0. The number of carbonyl (C=O) groups is 3. The fourth-order valence-electron chi connectivity index (χ4n) is 2.61. The molecule has 0 aromatic carbocycles. The Labute approximate surface area is 183 Å². The molecule has 32 heavy (non-hydrogen) atoms. The molecule has 1 aromatic rings. The van der Waals surface area contributed by atoms with Crippen molar-refractivity contribution in [3.8, 4) is 0 Å². The van der Waals surface area contributed by atoms with Gasteiger partial charge in [-0.15, -0.1) is 10.1 Å². The summed E-state index contributed by atoms with van der Waals surface area (Å²) in [4.78, 5) is 62.9. The van der Waals surface area contributed by atoms with E-state index in [1.165, 1.54) is 12.4 Å². The molecule has 2 amide bonds. The number of hydrogen-bond acceptors (Lipinski definition) is 10. The van der Waals surface area contributed by atoms with Gasteiger partial charge < -0.3 is 20.2 Å². The van der Waals surface area contributed by atoms with Crippen molar-refractivity contribution >= 4 is 29.7 Å². The van der Waals surface area contributed by atoms with E-state index in [1.54, 1.807) is 18.3 Å². The van der Waals surface area contributed by atoms with Gasteiger partial charge in [0.2, 0.25) is 5.91 Å². The maximum Gasteiger partial charge on any atom is 0.329 e. The lowest BCUT2D eigenvalue weighted by molar-refractivity contribution is -0.757. The van der Waals surface area contributed by atoms with Gasteiger partial charge >= 0.3 is 5.97 Å². The number of carbonyl (C=O) groups excluding carboxylic acids is 3. The lowest BCUT2D eigenvalue weighted by Crippen LogP contribution is -2.44. The Morgan fingerprint density at radius 1 is 1.25 bits per heavy atom. The summed E-state index contributed by atoms with van der Waals surface area (Å²) in [5.41, 5.74) is 0.924. The first-order valence-electron chi connectivity index (χ1n) is 9.90. The van der Waals surface area contributed by atoms with Crippen molar-refractivity contribution in [1.29, 1.82) is 0 Å². The van der Waals surface area contributed by atoms with Gasteiger partial charge in [0.1, 0.15) is 12.7 Å². The van der Waals surface area contributed by atoms with Crippen molar-refractivity contribution in [2.75, 3.05) is 26.4 Å². The SMILES string of the molecule is O=C(CCNC(=O)c1cccnc1)N[C@@H](CC1=NCN=C1)C(=O)OCCCCO[N+](=O)[O-]. The van der Waals surface area contributed by atoms with Gasteiger partial charge in [-0.2, -0.15) is 0 Å². The largest absolute Gasteiger partial charge is 0.464 e. The lowest BCUT2D eigenvalue weighted by Gasteiger charge is -2.17. The highest BCUT2D eigenvalue weighted by Crippen LogP contribution is 2.04. The van der Waals surface area contributed by atoms with Gasteiger partial charge in [-0.25, -0.2) is 4.79 Å². The molecular weight excluding hydrogens is 424 g/mol. The summed E-state index contributed by atoms with van der Waals surface area (Å²) < 4.78 is 5.17. The van der Waals surface area contributed by atoms with Crippen LogP contribution in [-0.2, 0) is 19.2 Å². The first-order chi connectivity index (χ1) is 15.5. The zero-order valence-corrected chi connectivity index (χ0v) is 17.3. The lowest BCUT2D eigenvalue weighted by atomic mass is 10.1. The molecule has 2 rings (SSSR count). The van der Waals surface area contributed by atoms with Gasteiger partial charge in [0.15, 0.2) is 0 Å². The Morgan fingerprint density at radius 3 is 2.75 bits per heavy atom. The highest BCUT2D eigenvalue weighted by Gasteiger charge is 2.24. The molecule has 0 aliphatic carbocycles. The van der Waals surface area contributed by atoms with Gasteiger partial charge in [-0.3, -0.25) is 24.6 Å².